The predicted octanol–water partition coefficient (Wildman–Crippen LogP) is 2.84. The lowest BCUT2D eigenvalue weighted by Crippen LogP contribution is -2.27. The van der Waals surface area contributed by atoms with Crippen LogP contribution in [0, 0.1) is 0 Å². The zero-order chi connectivity index (χ0) is 20.4. The number of rotatable bonds is 6. The van der Waals surface area contributed by atoms with Crippen LogP contribution in [0.4, 0.5) is 5.69 Å². The number of ether oxygens (including phenoxy) is 1. The van der Waals surface area contributed by atoms with E-state index in [0.29, 0.717) is 30.1 Å². The van der Waals surface area contributed by atoms with Gasteiger partial charge in [-0.25, -0.2) is 8.42 Å². The normalized spacial score (nSPS) is 14.2. The third-order valence-corrected chi connectivity index (χ3v) is 7.23. The first-order valence-corrected chi connectivity index (χ1v) is 11.2. The number of hydrogen-bond donors (Lipinski definition) is 1. The van der Waals surface area contributed by atoms with Gasteiger partial charge in [-0.3, -0.25) is 9.52 Å². The highest BCUT2D eigenvalue weighted by molar-refractivity contribution is 7.94. The van der Waals surface area contributed by atoms with Crippen LogP contribution in [0.15, 0.2) is 44.3 Å². The topological polar surface area (TPSA) is 115 Å². The minimum atomic E-state index is -3.80. The third kappa shape index (κ3) is 4.10. The number of carbonyl (C=O) groups excluding carboxylic acids is 1. The number of nitrogens with one attached hydrogen (secondary N) is 1. The Morgan fingerprint density at radius 2 is 2.03 bits per heavy atom. The van der Waals surface area contributed by atoms with Crippen molar-refractivity contribution in [2.45, 2.75) is 17.1 Å². The second kappa shape index (κ2) is 7.84. The zero-order valence-corrected chi connectivity index (χ0v) is 17.1. The Morgan fingerprint density at radius 1 is 1.24 bits per heavy atom. The minimum absolute atomic E-state index is 0.0842. The number of sulfonamides is 1. The summed E-state index contributed by atoms with van der Waals surface area (Å²) in [6.07, 6.45) is 1.91. The first-order valence-electron chi connectivity index (χ1n) is 8.85. The number of nitrogens with zero attached hydrogens (tertiary/aromatic N) is 3. The first kappa shape index (κ1) is 19.4. The van der Waals surface area contributed by atoms with Crippen molar-refractivity contribution in [3.05, 3.63) is 41.6 Å². The number of thiophene rings is 1. The number of amides is 1. The molecule has 0 atom stereocenters. The maximum atomic E-state index is 12.7. The molecule has 0 spiro atoms. The molecule has 0 radical (unpaired) electrons. The molecule has 11 heteroatoms. The Bertz CT molecular complexity index is 1130. The fourth-order valence-electron chi connectivity index (χ4n) is 2.94. The molecule has 152 valence electrons. The van der Waals surface area contributed by atoms with Gasteiger partial charge in [0.2, 0.25) is 5.89 Å². The molecule has 1 saturated heterocycles. The molecule has 9 nitrogen and oxygen atoms in total. The number of aromatic nitrogens is 2. The van der Waals surface area contributed by atoms with E-state index in [1.165, 1.54) is 13.2 Å². The summed E-state index contributed by atoms with van der Waals surface area (Å²) in [5.74, 6) is 0.251. The zero-order valence-electron chi connectivity index (χ0n) is 15.5. The van der Waals surface area contributed by atoms with Gasteiger partial charge >= 0.3 is 11.8 Å². The second-order valence-corrected chi connectivity index (χ2v) is 9.22. The van der Waals surface area contributed by atoms with E-state index in [2.05, 4.69) is 14.9 Å². The molecular formula is C18H18N4O5S2. The number of likely N-dealkylation sites (tertiary alicyclic amines) is 1. The van der Waals surface area contributed by atoms with Crippen LogP contribution in [0.5, 0.6) is 5.75 Å². The molecule has 2 aromatic heterocycles. The molecule has 1 amide bonds. The second-order valence-electron chi connectivity index (χ2n) is 6.40. The van der Waals surface area contributed by atoms with Gasteiger partial charge in [0.15, 0.2) is 0 Å². The molecular weight excluding hydrogens is 416 g/mol. The fourth-order valence-corrected chi connectivity index (χ4v) is 5.15. The van der Waals surface area contributed by atoms with E-state index in [9.17, 15) is 13.2 Å². The molecule has 1 N–H and O–H groups in total. The molecule has 1 fully saturated rings. The minimum Gasteiger partial charge on any atom is -0.497 e. The van der Waals surface area contributed by atoms with Crippen molar-refractivity contribution in [2.75, 3.05) is 24.9 Å². The summed E-state index contributed by atoms with van der Waals surface area (Å²) in [6, 6.07) is 8.06. The van der Waals surface area contributed by atoms with Crippen LogP contribution in [-0.4, -0.2) is 49.6 Å². The lowest BCUT2D eigenvalue weighted by molar-refractivity contribution is 0.0754. The largest absolute Gasteiger partial charge is 0.497 e. The van der Waals surface area contributed by atoms with E-state index in [1.807, 2.05) is 0 Å². The fraction of sp³-hybridized carbons (Fsp3) is 0.278. The highest BCUT2D eigenvalue weighted by atomic mass is 32.2. The van der Waals surface area contributed by atoms with Crippen molar-refractivity contribution in [3.8, 4) is 17.2 Å². The maximum absolute atomic E-state index is 12.7. The van der Waals surface area contributed by atoms with E-state index < -0.39 is 10.0 Å². The van der Waals surface area contributed by atoms with Gasteiger partial charge in [-0.1, -0.05) is 6.07 Å². The van der Waals surface area contributed by atoms with Crippen LogP contribution in [0.3, 0.4) is 0 Å². The molecule has 0 aliphatic carbocycles. The summed E-state index contributed by atoms with van der Waals surface area (Å²) in [7, 11) is -2.29. The SMILES string of the molecule is COc1cccc(NS(=O)(=O)c2cc(-c3nnc(C(=O)N4CCCC4)o3)cs2)c1. The van der Waals surface area contributed by atoms with Gasteiger partial charge < -0.3 is 14.1 Å². The van der Waals surface area contributed by atoms with Gasteiger partial charge in [-0.05, 0) is 31.0 Å². The Morgan fingerprint density at radius 3 is 2.79 bits per heavy atom. The van der Waals surface area contributed by atoms with Gasteiger partial charge in [0, 0.05) is 24.5 Å². The van der Waals surface area contributed by atoms with Crippen LogP contribution in [0.1, 0.15) is 23.5 Å². The standard InChI is InChI=1S/C18H18N4O5S2/c1-26-14-6-4-5-13(10-14)21-29(24,25)15-9-12(11-28-15)16-19-20-17(27-16)18(23)22-7-2-3-8-22/h4-6,9-11,21H,2-3,7-8H2,1H3. The molecule has 3 heterocycles. The lowest BCUT2D eigenvalue weighted by Gasteiger charge is -2.11. The molecule has 1 aliphatic rings. The van der Waals surface area contributed by atoms with Crippen LogP contribution in [-0.2, 0) is 10.0 Å². The summed E-state index contributed by atoms with van der Waals surface area (Å²) < 4.78 is 38.5. The summed E-state index contributed by atoms with van der Waals surface area (Å²) >= 11 is 1.02. The van der Waals surface area contributed by atoms with Gasteiger partial charge in [0.1, 0.15) is 9.96 Å². The van der Waals surface area contributed by atoms with Gasteiger partial charge in [0.25, 0.3) is 10.0 Å². The predicted molar refractivity (Wildman–Crippen MR) is 107 cm³/mol. The van der Waals surface area contributed by atoms with Crippen molar-refractivity contribution in [3.63, 3.8) is 0 Å². The maximum Gasteiger partial charge on any atom is 0.311 e. The number of anilines is 1. The monoisotopic (exact) mass is 434 g/mol. The van der Waals surface area contributed by atoms with E-state index in [4.69, 9.17) is 9.15 Å². The van der Waals surface area contributed by atoms with Crippen LogP contribution >= 0.6 is 11.3 Å². The van der Waals surface area contributed by atoms with Crippen LogP contribution in [0.25, 0.3) is 11.5 Å². The Labute approximate surface area is 171 Å². The molecule has 0 saturated carbocycles. The van der Waals surface area contributed by atoms with Crippen molar-refractivity contribution in [1.82, 2.24) is 15.1 Å². The van der Waals surface area contributed by atoms with E-state index >= 15 is 0 Å². The number of hydrogen-bond acceptors (Lipinski definition) is 8. The Balaban J connectivity index is 1.52. The highest BCUT2D eigenvalue weighted by Crippen LogP contribution is 2.30. The molecule has 1 aliphatic heterocycles. The summed E-state index contributed by atoms with van der Waals surface area (Å²) in [6.45, 7) is 1.35. The lowest BCUT2D eigenvalue weighted by atomic mass is 10.3. The molecule has 0 unspecified atom stereocenters. The number of carbonyl (C=O) groups is 1. The van der Waals surface area contributed by atoms with Crippen LogP contribution < -0.4 is 9.46 Å². The molecule has 4 rings (SSSR count). The first-order chi connectivity index (χ1) is 14.0. The Hall–Kier alpha value is -2.92. The number of benzene rings is 1. The smallest absolute Gasteiger partial charge is 0.311 e. The molecule has 29 heavy (non-hydrogen) atoms. The van der Waals surface area contributed by atoms with E-state index in [1.54, 1.807) is 34.5 Å². The summed E-state index contributed by atoms with van der Waals surface area (Å²) in [5.41, 5.74) is 0.824. The van der Waals surface area contributed by atoms with Crippen molar-refractivity contribution in [2.24, 2.45) is 0 Å². The van der Waals surface area contributed by atoms with Gasteiger partial charge in [-0.15, -0.1) is 21.5 Å². The number of methoxy groups -OCH3 is 1. The van der Waals surface area contributed by atoms with Crippen molar-refractivity contribution >= 4 is 33.0 Å². The Kier molecular flexibility index (Phi) is 5.24. The molecule has 3 aromatic rings. The third-order valence-electron chi connectivity index (χ3n) is 4.41. The van der Waals surface area contributed by atoms with E-state index in [-0.39, 0.29) is 21.9 Å². The van der Waals surface area contributed by atoms with Gasteiger partial charge in [-0.2, -0.15) is 0 Å². The van der Waals surface area contributed by atoms with Crippen molar-refractivity contribution < 1.29 is 22.4 Å². The van der Waals surface area contributed by atoms with Crippen molar-refractivity contribution in [1.29, 1.82) is 0 Å². The van der Waals surface area contributed by atoms with Gasteiger partial charge in [0.05, 0.1) is 18.4 Å². The average Bonchev–Trinajstić information content (AvgIpc) is 3.48. The summed E-state index contributed by atoms with van der Waals surface area (Å²) in [5, 5.41) is 9.30. The average molecular weight is 434 g/mol. The quantitative estimate of drug-likeness (QED) is 0.634. The highest BCUT2D eigenvalue weighted by Gasteiger charge is 2.26. The van der Waals surface area contributed by atoms with Crippen LogP contribution in [0.2, 0.25) is 0 Å². The molecule has 0 bridgehead atoms. The van der Waals surface area contributed by atoms with E-state index in [0.717, 1.165) is 24.2 Å². The summed E-state index contributed by atoms with van der Waals surface area (Å²) in [4.78, 5) is 14.0. The molecule has 1 aromatic carbocycles.